The lowest BCUT2D eigenvalue weighted by molar-refractivity contribution is 0.403. The molecule has 3 N–H and O–H groups in total. The fraction of sp³-hybridized carbons (Fsp3) is 0.0769. The van der Waals surface area contributed by atoms with Gasteiger partial charge in [0, 0.05) is 12.1 Å². The lowest BCUT2D eigenvalue weighted by Gasteiger charge is -2.12. The number of aromatic hydroxyl groups is 2. The average molecular weight is 464 g/mol. The monoisotopic (exact) mass is 463 g/mol. The van der Waals surface area contributed by atoms with Crippen LogP contribution >= 0.6 is 0 Å². The van der Waals surface area contributed by atoms with Gasteiger partial charge in [0.15, 0.2) is 11.5 Å². The summed E-state index contributed by atoms with van der Waals surface area (Å²) >= 11 is 0. The summed E-state index contributed by atoms with van der Waals surface area (Å²) in [5.41, 5.74) is 3.72. The van der Waals surface area contributed by atoms with Gasteiger partial charge in [-0.15, -0.1) is 0 Å². The van der Waals surface area contributed by atoms with E-state index in [0.717, 1.165) is 16.7 Å². The zero-order chi connectivity index (χ0) is 23.4. The summed E-state index contributed by atoms with van der Waals surface area (Å²) in [6, 6.07) is 24.4. The third-order valence-electron chi connectivity index (χ3n) is 5.27. The van der Waals surface area contributed by atoms with Crippen LogP contribution in [0.25, 0.3) is 11.1 Å². The molecule has 0 aromatic heterocycles. The van der Waals surface area contributed by atoms with Crippen molar-refractivity contribution >= 4 is 10.0 Å². The normalized spacial score (nSPS) is 11.4. The van der Waals surface area contributed by atoms with Gasteiger partial charge in [0.2, 0.25) is 10.0 Å². The van der Waals surface area contributed by atoms with E-state index in [1.165, 1.54) is 30.3 Å². The number of phenolic OH excluding ortho intramolecular Hbond substituents is 2. The lowest BCUT2D eigenvalue weighted by Crippen LogP contribution is -2.23. The van der Waals surface area contributed by atoms with Crippen molar-refractivity contribution in [2.45, 2.75) is 17.9 Å². The number of nitrogens with one attached hydrogen (secondary N) is 1. The molecule has 4 aromatic carbocycles. The Balaban J connectivity index is 1.47. The molecule has 0 unspecified atom stereocenters. The maximum Gasteiger partial charge on any atom is 0.241 e. The molecule has 0 saturated carbocycles. The molecule has 4 rings (SSSR count). The highest BCUT2D eigenvalue weighted by atomic mass is 32.2. The number of benzene rings is 4. The summed E-state index contributed by atoms with van der Waals surface area (Å²) in [4.78, 5) is 0.125. The molecule has 5 nitrogen and oxygen atoms in total. The van der Waals surface area contributed by atoms with E-state index in [9.17, 15) is 23.0 Å². The first kappa shape index (κ1) is 22.5. The topological polar surface area (TPSA) is 86.6 Å². The predicted octanol–water partition coefficient (Wildman–Crippen LogP) is 4.97. The van der Waals surface area contributed by atoms with Gasteiger partial charge in [-0.05, 0) is 59.0 Å². The summed E-state index contributed by atoms with van der Waals surface area (Å²) in [7, 11) is -3.81. The van der Waals surface area contributed by atoms with Gasteiger partial charge >= 0.3 is 0 Å². The molecule has 0 aliphatic carbocycles. The Kier molecular flexibility index (Phi) is 6.44. The zero-order valence-corrected chi connectivity index (χ0v) is 18.4. The van der Waals surface area contributed by atoms with Crippen molar-refractivity contribution in [1.82, 2.24) is 4.72 Å². The average Bonchev–Trinajstić information content (AvgIpc) is 2.82. The molecule has 0 amide bonds. The molecule has 0 fully saturated rings. The van der Waals surface area contributed by atoms with E-state index < -0.39 is 10.0 Å². The Hall–Kier alpha value is -3.68. The molecule has 0 atom stereocenters. The van der Waals surface area contributed by atoms with Gasteiger partial charge < -0.3 is 10.2 Å². The fourth-order valence-electron chi connectivity index (χ4n) is 3.51. The van der Waals surface area contributed by atoms with E-state index in [2.05, 4.69) is 4.72 Å². The van der Waals surface area contributed by atoms with Crippen LogP contribution in [0.5, 0.6) is 11.5 Å². The van der Waals surface area contributed by atoms with Crippen molar-refractivity contribution in [1.29, 1.82) is 0 Å². The van der Waals surface area contributed by atoms with Crippen LogP contribution in [-0.4, -0.2) is 18.6 Å². The van der Waals surface area contributed by atoms with Gasteiger partial charge in [0.05, 0.1) is 4.90 Å². The molecule has 0 bridgehead atoms. The molecule has 168 valence electrons. The van der Waals surface area contributed by atoms with E-state index in [0.29, 0.717) is 17.5 Å². The summed E-state index contributed by atoms with van der Waals surface area (Å²) in [5, 5.41) is 19.1. The van der Waals surface area contributed by atoms with Crippen LogP contribution in [0.4, 0.5) is 4.39 Å². The number of rotatable bonds is 7. The SMILES string of the molecule is O=S(=O)(NCc1ccc(Cc2ccc(O)c(O)c2)cc1)c1ccccc1-c1ccc(F)cc1. The van der Waals surface area contributed by atoms with Crippen molar-refractivity contribution in [2.75, 3.05) is 0 Å². The number of hydrogen-bond acceptors (Lipinski definition) is 4. The van der Waals surface area contributed by atoms with Crippen LogP contribution in [0, 0.1) is 5.82 Å². The standard InChI is InChI=1S/C26H22FNO4S/c27-22-12-10-21(11-13-22)23-3-1-2-4-26(23)33(31,32)28-17-19-7-5-18(6-8-19)15-20-9-14-24(29)25(30)16-20/h1-14,16,28-30H,15,17H2. The number of hydrogen-bond donors (Lipinski definition) is 3. The number of phenols is 2. The quantitative estimate of drug-likeness (QED) is 0.338. The smallest absolute Gasteiger partial charge is 0.241 e. The van der Waals surface area contributed by atoms with Gasteiger partial charge in [0.25, 0.3) is 0 Å². The first-order valence-electron chi connectivity index (χ1n) is 10.3. The maximum absolute atomic E-state index is 13.3. The van der Waals surface area contributed by atoms with Crippen molar-refractivity contribution < 1.29 is 23.0 Å². The van der Waals surface area contributed by atoms with Crippen LogP contribution in [0.1, 0.15) is 16.7 Å². The number of halogens is 1. The zero-order valence-electron chi connectivity index (χ0n) is 17.6. The third-order valence-corrected chi connectivity index (χ3v) is 6.73. The second-order valence-corrected chi connectivity index (χ2v) is 9.38. The molecule has 0 aliphatic rings. The van der Waals surface area contributed by atoms with Gasteiger partial charge in [0.1, 0.15) is 5.82 Å². The molecule has 0 saturated heterocycles. The Morgan fingerprint density at radius 2 is 1.36 bits per heavy atom. The summed E-state index contributed by atoms with van der Waals surface area (Å²) in [6.45, 7) is 0.111. The highest BCUT2D eigenvalue weighted by molar-refractivity contribution is 7.89. The van der Waals surface area contributed by atoms with E-state index in [1.54, 1.807) is 36.4 Å². The van der Waals surface area contributed by atoms with E-state index in [-0.39, 0.29) is 28.8 Å². The van der Waals surface area contributed by atoms with Crippen LogP contribution < -0.4 is 4.72 Å². The molecule has 0 radical (unpaired) electrons. The maximum atomic E-state index is 13.3. The highest BCUT2D eigenvalue weighted by Gasteiger charge is 2.19. The Morgan fingerprint density at radius 1 is 0.727 bits per heavy atom. The van der Waals surface area contributed by atoms with Crippen LogP contribution in [0.15, 0.2) is 95.9 Å². The summed E-state index contributed by atoms with van der Waals surface area (Å²) < 4.78 is 41.9. The van der Waals surface area contributed by atoms with Gasteiger partial charge in [-0.1, -0.05) is 60.7 Å². The first-order chi connectivity index (χ1) is 15.8. The molecule has 4 aromatic rings. The molecule has 0 spiro atoms. The molecule has 0 heterocycles. The highest BCUT2D eigenvalue weighted by Crippen LogP contribution is 2.28. The van der Waals surface area contributed by atoms with Crippen LogP contribution in [-0.2, 0) is 23.0 Å². The molecule has 0 aliphatic heterocycles. The minimum absolute atomic E-state index is 0.111. The van der Waals surface area contributed by atoms with Gasteiger partial charge in [-0.25, -0.2) is 17.5 Å². The predicted molar refractivity (Wildman–Crippen MR) is 125 cm³/mol. The molecule has 7 heteroatoms. The largest absolute Gasteiger partial charge is 0.504 e. The Labute approximate surface area is 191 Å². The first-order valence-corrected chi connectivity index (χ1v) is 11.7. The van der Waals surface area contributed by atoms with Gasteiger partial charge in [-0.2, -0.15) is 0 Å². The van der Waals surface area contributed by atoms with Gasteiger partial charge in [-0.3, -0.25) is 0 Å². The fourth-order valence-corrected chi connectivity index (χ4v) is 4.76. The summed E-state index contributed by atoms with van der Waals surface area (Å²) in [6.07, 6.45) is 0.560. The number of sulfonamides is 1. The molecular formula is C26H22FNO4S. The third kappa shape index (κ3) is 5.39. The Bertz CT molecular complexity index is 1370. The van der Waals surface area contributed by atoms with Crippen molar-refractivity contribution in [3.63, 3.8) is 0 Å². The second-order valence-electron chi connectivity index (χ2n) is 7.64. The van der Waals surface area contributed by atoms with Crippen LogP contribution in [0.2, 0.25) is 0 Å². The molecular weight excluding hydrogens is 441 g/mol. The van der Waals surface area contributed by atoms with E-state index in [4.69, 9.17) is 0 Å². The molecule has 33 heavy (non-hydrogen) atoms. The summed E-state index contributed by atoms with van der Waals surface area (Å²) in [5.74, 6) is -0.718. The second kappa shape index (κ2) is 9.44. The van der Waals surface area contributed by atoms with E-state index in [1.807, 2.05) is 24.3 Å². The minimum Gasteiger partial charge on any atom is -0.504 e. The van der Waals surface area contributed by atoms with Crippen molar-refractivity contribution in [3.8, 4) is 22.6 Å². The Morgan fingerprint density at radius 3 is 2.06 bits per heavy atom. The van der Waals surface area contributed by atoms with Crippen molar-refractivity contribution in [2.24, 2.45) is 0 Å². The van der Waals surface area contributed by atoms with Crippen LogP contribution in [0.3, 0.4) is 0 Å². The van der Waals surface area contributed by atoms with E-state index >= 15 is 0 Å². The van der Waals surface area contributed by atoms with Crippen molar-refractivity contribution in [3.05, 3.63) is 114 Å². The lowest BCUT2D eigenvalue weighted by atomic mass is 10.0. The minimum atomic E-state index is -3.81.